The summed E-state index contributed by atoms with van der Waals surface area (Å²) in [5.74, 6) is 0.567. The molecule has 0 aliphatic heterocycles. The number of anilines is 1. The molecule has 0 unspecified atom stereocenters. The van der Waals surface area contributed by atoms with Crippen molar-refractivity contribution in [2.24, 2.45) is 5.92 Å². The van der Waals surface area contributed by atoms with E-state index in [1.54, 1.807) is 12.4 Å². The van der Waals surface area contributed by atoms with Crippen molar-refractivity contribution < 1.29 is 4.79 Å². The molecule has 0 atom stereocenters. The van der Waals surface area contributed by atoms with E-state index >= 15 is 0 Å². The van der Waals surface area contributed by atoms with E-state index in [0.717, 1.165) is 18.7 Å². The Balaban J connectivity index is 1.89. The molecule has 1 saturated carbocycles. The third-order valence-electron chi connectivity index (χ3n) is 3.73. The minimum absolute atomic E-state index is 0.0341. The fourth-order valence-electron chi connectivity index (χ4n) is 2.53. The first kappa shape index (κ1) is 14.8. The van der Waals surface area contributed by atoms with Crippen molar-refractivity contribution in [2.45, 2.75) is 52.0 Å². The zero-order chi connectivity index (χ0) is 14.4. The maximum absolute atomic E-state index is 12.0. The van der Waals surface area contributed by atoms with Crippen LogP contribution in [0.4, 0.5) is 5.69 Å². The van der Waals surface area contributed by atoms with Crippen LogP contribution in [0.25, 0.3) is 0 Å². The smallest absolute Gasteiger partial charge is 0.252 e. The zero-order valence-electron chi connectivity index (χ0n) is 12.5. The van der Waals surface area contributed by atoms with Crippen LogP contribution in [0.15, 0.2) is 18.5 Å². The minimum Gasteiger partial charge on any atom is -0.381 e. The van der Waals surface area contributed by atoms with Crippen LogP contribution in [-0.4, -0.2) is 23.5 Å². The topological polar surface area (TPSA) is 54.0 Å². The highest BCUT2D eigenvalue weighted by Gasteiger charge is 2.15. The molecule has 20 heavy (non-hydrogen) atoms. The lowest BCUT2D eigenvalue weighted by atomic mass is 10.1. The summed E-state index contributed by atoms with van der Waals surface area (Å²) in [6, 6.07) is 2.44. The molecule has 0 spiro atoms. The van der Waals surface area contributed by atoms with Gasteiger partial charge in [-0.15, -0.1) is 0 Å². The Hall–Kier alpha value is -1.58. The largest absolute Gasteiger partial charge is 0.381 e. The molecule has 0 aromatic carbocycles. The van der Waals surface area contributed by atoms with E-state index in [9.17, 15) is 4.79 Å². The number of amides is 1. The summed E-state index contributed by atoms with van der Waals surface area (Å²) in [5.41, 5.74) is 1.59. The molecule has 4 nitrogen and oxygen atoms in total. The van der Waals surface area contributed by atoms with Gasteiger partial charge >= 0.3 is 0 Å². The number of pyridine rings is 1. The second-order valence-electron chi connectivity index (χ2n) is 6.03. The Morgan fingerprint density at radius 1 is 1.35 bits per heavy atom. The van der Waals surface area contributed by atoms with Gasteiger partial charge in [0.2, 0.25) is 0 Å². The Bertz CT molecular complexity index is 439. The molecule has 0 saturated heterocycles. The molecule has 1 aromatic rings. The normalized spacial score (nSPS) is 15.6. The highest BCUT2D eigenvalue weighted by Crippen LogP contribution is 2.22. The van der Waals surface area contributed by atoms with Gasteiger partial charge in [0.25, 0.3) is 5.91 Å². The number of nitrogens with zero attached hydrogens (tertiary/aromatic N) is 1. The summed E-state index contributed by atoms with van der Waals surface area (Å²) in [6.07, 6.45) is 9.43. The fraction of sp³-hybridized carbons (Fsp3) is 0.625. The molecule has 0 bridgehead atoms. The van der Waals surface area contributed by atoms with E-state index in [4.69, 9.17) is 0 Å². The molecule has 2 rings (SSSR count). The number of aromatic nitrogens is 1. The summed E-state index contributed by atoms with van der Waals surface area (Å²) >= 11 is 0. The van der Waals surface area contributed by atoms with E-state index in [0.29, 0.717) is 17.5 Å². The number of hydrogen-bond donors (Lipinski definition) is 2. The average molecular weight is 275 g/mol. The number of hydrogen-bond acceptors (Lipinski definition) is 3. The number of carbonyl (C=O) groups excluding carboxylic acids is 1. The van der Waals surface area contributed by atoms with Gasteiger partial charge in [-0.25, -0.2) is 0 Å². The van der Waals surface area contributed by atoms with Gasteiger partial charge in [-0.3, -0.25) is 9.78 Å². The SMILES string of the molecule is CC(C)CCNC(=O)c1cncc(NC2CCCC2)c1. The molecule has 1 heterocycles. The van der Waals surface area contributed by atoms with E-state index in [-0.39, 0.29) is 5.91 Å². The molecule has 1 aliphatic carbocycles. The third kappa shape index (κ3) is 4.51. The summed E-state index contributed by atoms with van der Waals surface area (Å²) in [6.45, 7) is 5.02. The summed E-state index contributed by atoms with van der Waals surface area (Å²) in [5, 5.41) is 6.41. The highest BCUT2D eigenvalue weighted by molar-refractivity contribution is 5.94. The molecule has 1 aliphatic rings. The lowest BCUT2D eigenvalue weighted by Crippen LogP contribution is -2.25. The van der Waals surface area contributed by atoms with E-state index in [1.807, 2.05) is 6.07 Å². The first-order chi connectivity index (χ1) is 9.65. The first-order valence-corrected chi connectivity index (χ1v) is 7.65. The maximum atomic E-state index is 12.0. The standard InChI is InChI=1S/C16H25N3O/c1-12(2)7-8-18-16(20)13-9-15(11-17-10-13)19-14-5-3-4-6-14/h9-12,14,19H,3-8H2,1-2H3,(H,18,20). The van der Waals surface area contributed by atoms with E-state index in [2.05, 4.69) is 29.5 Å². The zero-order valence-corrected chi connectivity index (χ0v) is 12.5. The maximum Gasteiger partial charge on any atom is 0.252 e. The van der Waals surface area contributed by atoms with Crippen LogP contribution in [0.3, 0.4) is 0 Å². The second kappa shape index (κ2) is 7.27. The fourth-order valence-corrected chi connectivity index (χ4v) is 2.53. The van der Waals surface area contributed by atoms with Gasteiger partial charge in [0.1, 0.15) is 0 Å². The lowest BCUT2D eigenvalue weighted by molar-refractivity contribution is 0.0951. The van der Waals surface area contributed by atoms with Gasteiger partial charge in [-0.1, -0.05) is 26.7 Å². The van der Waals surface area contributed by atoms with Crippen molar-refractivity contribution in [1.82, 2.24) is 10.3 Å². The van der Waals surface area contributed by atoms with Gasteiger partial charge < -0.3 is 10.6 Å². The van der Waals surface area contributed by atoms with Gasteiger partial charge in [0.05, 0.1) is 11.3 Å². The predicted molar refractivity (Wildman–Crippen MR) is 81.9 cm³/mol. The average Bonchev–Trinajstić information content (AvgIpc) is 2.91. The molecule has 4 heteroatoms. The molecule has 110 valence electrons. The molecule has 0 radical (unpaired) electrons. The number of carbonyl (C=O) groups is 1. The van der Waals surface area contributed by atoms with Crippen molar-refractivity contribution in [2.75, 3.05) is 11.9 Å². The lowest BCUT2D eigenvalue weighted by Gasteiger charge is -2.14. The van der Waals surface area contributed by atoms with Crippen molar-refractivity contribution >= 4 is 11.6 Å². The van der Waals surface area contributed by atoms with Crippen LogP contribution in [0, 0.1) is 5.92 Å². The second-order valence-corrected chi connectivity index (χ2v) is 6.03. The summed E-state index contributed by atoms with van der Waals surface area (Å²) < 4.78 is 0. The quantitative estimate of drug-likeness (QED) is 0.838. The number of rotatable bonds is 6. The van der Waals surface area contributed by atoms with E-state index in [1.165, 1.54) is 25.7 Å². The summed E-state index contributed by atoms with van der Waals surface area (Å²) in [4.78, 5) is 16.2. The Kier molecular flexibility index (Phi) is 5.39. The van der Waals surface area contributed by atoms with Gasteiger partial charge in [-0.05, 0) is 31.2 Å². The highest BCUT2D eigenvalue weighted by atomic mass is 16.1. The van der Waals surface area contributed by atoms with Crippen molar-refractivity contribution in [3.63, 3.8) is 0 Å². The molecule has 1 aromatic heterocycles. The van der Waals surface area contributed by atoms with Crippen LogP contribution in [-0.2, 0) is 0 Å². The van der Waals surface area contributed by atoms with Gasteiger partial charge in [0.15, 0.2) is 0 Å². The summed E-state index contributed by atoms with van der Waals surface area (Å²) in [7, 11) is 0. The van der Waals surface area contributed by atoms with Crippen LogP contribution in [0.5, 0.6) is 0 Å². The molecular weight excluding hydrogens is 250 g/mol. The predicted octanol–water partition coefficient (Wildman–Crippen LogP) is 3.21. The molecular formula is C16H25N3O. The van der Waals surface area contributed by atoms with Gasteiger partial charge in [0, 0.05) is 25.0 Å². The van der Waals surface area contributed by atoms with Crippen LogP contribution < -0.4 is 10.6 Å². The molecule has 1 fully saturated rings. The third-order valence-corrected chi connectivity index (χ3v) is 3.73. The Labute approximate surface area is 121 Å². The first-order valence-electron chi connectivity index (χ1n) is 7.65. The van der Waals surface area contributed by atoms with Crippen LogP contribution in [0.2, 0.25) is 0 Å². The van der Waals surface area contributed by atoms with Crippen molar-refractivity contribution in [3.8, 4) is 0 Å². The van der Waals surface area contributed by atoms with E-state index < -0.39 is 0 Å². The number of nitrogens with one attached hydrogen (secondary N) is 2. The Morgan fingerprint density at radius 3 is 2.80 bits per heavy atom. The van der Waals surface area contributed by atoms with Crippen LogP contribution in [0.1, 0.15) is 56.3 Å². The van der Waals surface area contributed by atoms with Crippen molar-refractivity contribution in [3.05, 3.63) is 24.0 Å². The minimum atomic E-state index is -0.0341. The van der Waals surface area contributed by atoms with Gasteiger partial charge in [-0.2, -0.15) is 0 Å². The molecule has 1 amide bonds. The van der Waals surface area contributed by atoms with Crippen LogP contribution >= 0.6 is 0 Å². The van der Waals surface area contributed by atoms with Crippen molar-refractivity contribution in [1.29, 1.82) is 0 Å². The Morgan fingerprint density at radius 2 is 2.10 bits per heavy atom. The monoisotopic (exact) mass is 275 g/mol. The molecule has 2 N–H and O–H groups in total.